The molecule has 1 aromatic carbocycles. The summed E-state index contributed by atoms with van der Waals surface area (Å²) in [6.45, 7) is 0. The summed E-state index contributed by atoms with van der Waals surface area (Å²) in [5.74, 6) is -0.674. The molecule has 78 valence electrons. The number of nitrogens with one attached hydrogen (secondary N) is 1. The van der Waals surface area contributed by atoms with E-state index in [4.69, 9.17) is 5.11 Å². The van der Waals surface area contributed by atoms with Gasteiger partial charge in [-0.05, 0) is 24.1 Å². The number of carbonyl (C=O) groups is 1. The van der Waals surface area contributed by atoms with Crippen LogP contribution in [0.1, 0.15) is 12.0 Å². The summed E-state index contributed by atoms with van der Waals surface area (Å²) in [4.78, 5) is 13.2. The molecule has 3 N–H and O–H groups in total. The Kier molecular flexibility index (Phi) is 2.33. The minimum Gasteiger partial charge on any atom is -0.495 e. The zero-order valence-corrected chi connectivity index (χ0v) is 8.03. The van der Waals surface area contributed by atoms with Gasteiger partial charge in [-0.2, -0.15) is 0 Å². The number of aromatic amines is 1. The van der Waals surface area contributed by atoms with Gasteiger partial charge in [-0.3, -0.25) is 4.79 Å². The second-order valence-electron chi connectivity index (χ2n) is 3.47. The average molecular weight is 205 g/mol. The number of hydrogen-bond acceptors (Lipinski definition) is 2. The molecule has 0 saturated heterocycles. The van der Waals surface area contributed by atoms with Gasteiger partial charge in [0.15, 0.2) is 5.88 Å². The number of aromatic hydroxyl groups is 1. The Balaban J connectivity index is 2.26. The van der Waals surface area contributed by atoms with Crippen molar-refractivity contribution in [2.45, 2.75) is 12.8 Å². The molecule has 0 fully saturated rings. The lowest BCUT2D eigenvalue weighted by Crippen LogP contribution is -1.96. The quantitative estimate of drug-likeness (QED) is 0.716. The molecule has 4 heteroatoms. The molecule has 0 unspecified atom stereocenters. The van der Waals surface area contributed by atoms with Crippen LogP contribution in [0.3, 0.4) is 0 Å². The standard InChI is InChI=1S/C11H11NO3/c13-10-6-8-5-7(2-4-11(14)15)1-3-9(8)12-10/h1,3,5-6,12-13H,2,4H2,(H,14,15). The van der Waals surface area contributed by atoms with E-state index in [2.05, 4.69) is 4.98 Å². The van der Waals surface area contributed by atoms with Gasteiger partial charge in [-0.15, -0.1) is 0 Å². The first kappa shape index (κ1) is 9.58. The molecular formula is C11H11NO3. The van der Waals surface area contributed by atoms with E-state index in [9.17, 15) is 9.90 Å². The van der Waals surface area contributed by atoms with Crippen LogP contribution in [-0.4, -0.2) is 21.2 Å². The van der Waals surface area contributed by atoms with Crippen LogP contribution in [0, 0.1) is 0 Å². The Morgan fingerprint density at radius 1 is 1.33 bits per heavy atom. The molecule has 2 rings (SSSR count). The molecule has 0 saturated carbocycles. The number of fused-ring (bicyclic) bond motifs is 1. The van der Waals surface area contributed by atoms with Crippen molar-refractivity contribution >= 4 is 16.9 Å². The molecule has 0 bridgehead atoms. The van der Waals surface area contributed by atoms with Crippen molar-refractivity contribution in [2.75, 3.05) is 0 Å². The van der Waals surface area contributed by atoms with Crippen LogP contribution in [0.4, 0.5) is 0 Å². The third-order valence-corrected chi connectivity index (χ3v) is 2.30. The van der Waals surface area contributed by atoms with Crippen LogP contribution in [0.25, 0.3) is 10.9 Å². The number of carboxylic acids is 1. The third-order valence-electron chi connectivity index (χ3n) is 2.30. The number of aliphatic carboxylic acids is 1. The van der Waals surface area contributed by atoms with Crippen molar-refractivity contribution in [1.82, 2.24) is 4.98 Å². The van der Waals surface area contributed by atoms with E-state index in [1.807, 2.05) is 18.2 Å². The highest BCUT2D eigenvalue weighted by Gasteiger charge is 2.02. The zero-order valence-electron chi connectivity index (χ0n) is 8.03. The van der Waals surface area contributed by atoms with E-state index in [0.717, 1.165) is 16.5 Å². The first-order valence-corrected chi connectivity index (χ1v) is 4.67. The summed E-state index contributed by atoms with van der Waals surface area (Å²) >= 11 is 0. The van der Waals surface area contributed by atoms with Gasteiger partial charge in [-0.25, -0.2) is 0 Å². The molecule has 0 aliphatic carbocycles. The summed E-state index contributed by atoms with van der Waals surface area (Å²) in [6.07, 6.45) is 0.638. The predicted octanol–water partition coefficient (Wildman–Crippen LogP) is 1.89. The Bertz CT molecular complexity index is 502. The molecule has 1 aromatic heterocycles. The van der Waals surface area contributed by atoms with Gasteiger partial charge in [-0.1, -0.05) is 6.07 Å². The molecule has 15 heavy (non-hydrogen) atoms. The fourth-order valence-corrected chi connectivity index (χ4v) is 1.57. The van der Waals surface area contributed by atoms with E-state index in [1.54, 1.807) is 6.07 Å². The molecular weight excluding hydrogens is 194 g/mol. The van der Waals surface area contributed by atoms with Gasteiger partial charge in [0.05, 0.1) is 0 Å². The smallest absolute Gasteiger partial charge is 0.303 e. The van der Waals surface area contributed by atoms with Gasteiger partial charge < -0.3 is 15.2 Å². The monoisotopic (exact) mass is 205 g/mol. The maximum atomic E-state index is 10.4. The normalized spacial score (nSPS) is 10.7. The van der Waals surface area contributed by atoms with Gasteiger partial charge >= 0.3 is 5.97 Å². The van der Waals surface area contributed by atoms with Crippen molar-refractivity contribution in [3.63, 3.8) is 0 Å². The van der Waals surface area contributed by atoms with Crippen molar-refractivity contribution in [3.05, 3.63) is 29.8 Å². The molecule has 4 nitrogen and oxygen atoms in total. The lowest BCUT2D eigenvalue weighted by atomic mass is 10.1. The van der Waals surface area contributed by atoms with Gasteiger partial charge in [0.2, 0.25) is 0 Å². The van der Waals surface area contributed by atoms with Crippen molar-refractivity contribution < 1.29 is 15.0 Å². The van der Waals surface area contributed by atoms with E-state index in [-0.39, 0.29) is 12.3 Å². The minimum atomic E-state index is -0.799. The van der Waals surface area contributed by atoms with E-state index < -0.39 is 5.97 Å². The highest BCUT2D eigenvalue weighted by Crippen LogP contribution is 2.21. The predicted molar refractivity (Wildman–Crippen MR) is 55.9 cm³/mol. The van der Waals surface area contributed by atoms with Crippen molar-refractivity contribution in [2.24, 2.45) is 0 Å². The summed E-state index contributed by atoms with van der Waals surface area (Å²) in [6, 6.07) is 7.21. The van der Waals surface area contributed by atoms with Crippen LogP contribution in [-0.2, 0) is 11.2 Å². The fraction of sp³-hybridized carbons (Fsp3) is 0.182. The zero-order chi connectivity index (χ0) is 10.8. The van der Waals surface area contributed by atoms with Crippen LogP contribution in [0.2, 0.25) is 0 Å². The van der Waals surface area contributed by atoms with Gasteiger partial charge in [0.25, 0.3) is 0 Å². The number of rotatable bonds is 3. The third kappa shape index (κ3) is 2.10. The van der Waals surface area contributed by atoms with Gasteiger partial charge in [0, 0.05) is 23.4 Å². The molecule has 0 aliphatic heterocycles. The summed E-state index contributed by atoms with van der Waals surface area (Å²) in [5.41, 5.74) is 1.82. The molecule has 0 amide bonds. The second kappa shape index (κ2) is 3.65. The number of aryl methyl sites for hydroxylation is 1. The Hall–Kier alpha value is -1.97. The van der Waals surface area contributed by atoms with Gasteiger partial charge in [0.1, 0.15) is 0 Å². The summed E-state index contributed by atoms with van der Waals surface area (Å²) < 4.78 is 0. The Morgan fingerprint density at radius 2 is 2.13 bits per heavy atom. The molecule has 0 radical (unpaired) electrons. The van der Waals surface area contributed by atoms with E-state index in [0.29, 0.717) is 6.42 Å². The van der Waals surface area contributed by atoms with E-state index >= 15 is 0 Å². The van der Waals surface area contributed by atoms with Crippen LogP contribution >= 0.6 is 0 Å². The topological polar surface area (TPSA) is 73.3 Å². The first-order valence-electron chi connectivity index (χ1n) is 4.67. The highest BCUT2D eigenvalue weighted by molar-refractivity contribution is 5.82. The number of H-pyrrole nitrogens is 1. The fourth-order valence-electron chi connectivity index (χ4n) is 1.57. The molecule has 2 aromatic rings. The Labute approximate surface area is 86.2 Å². The minimum absolute atomic E-state index is 0.125. The van der Waals surface area contributed by atoms with Crippen LogP contribution in [0.15, 0.2) is 24.3 Å². The number of benzene rings is 1. The molecule has 0 aliphatic rings. The lowest BCUT2D eigenvalue weighted by molar-refractivity contribution is -0.136. The molecule has 1 heterocycles. The number of hydrogen-bond donors (Lipinski definition) is 3. The Morgan fingerprint density at radius 3 is 2.87 bits per heavy atom. The molecule has 0 atom stereocenters. The first-order chi connectivity index (χ1) is 7.15. The van der Waals surface area contributed by atoms with E-state index in [1.165, 1.54) is 0 Å². The largest absolute Gasteiger partial charge is 0.495 e. The van der Waals surface area contributed by atoms with Crippen LogP contribution in [0.5, 0.6) is 5.88 Å². The van der Waals surface area contributed by atoms with Crippen molar-refractivity contribution in [3.8, 4) is 5.88 Å². The lowest BCUT2D eigenvalue weighted by Gasteiger charge is -1.98. The molecule has 0 spiro atoms. The highest BCUT2D eigenvalue weighted by atomic mass is 16.4. The maximum Gasteiger partial charge on any atom is 0.303 e. The maximum absolute atomic E-state index is 10.4. The SMILES string of the molecule is O=C(O)CCc1ccc2[nH]c(O)cc2c1. The number of aromatic nitrogens is 1. The second-order valence-corrected chi connectivity index (χ2v) is 3.47. The van der Waals surface area contributed by atoms with Crippen molar-refractivity contribution in [1.29, 1.82) is 0 Å². The van der Waals surface area contributed by atoms with Crippen LogP contribution < -0.4 is 0 Å². The summed E-state index contributed by atoms with van der Waals surface area (Å²) in [5, 5.41) is 18.7. The summed E-state index contributed by atoms with van der Waals surface area (Å²) in [7, 11) is 0. The average Bonchev–Trinajstić information content (AvgIpc) is 2.53. The number of carboxylic acid groups (broad SMARTS) is 1.